The van der Waals surface area contributed by atoms with Gasteiger partial charge in [0, 0.05) is 35.7 Å². The Labute approximate surface area is 164 Å². The number of nitrogens with one attached hydrogen (secondary N) is 2. The van der Waals surface area contributed by atoms with Crippen LogP contribution in [0.1, 0.15) is 46.8 Å². The lowest BCUT2D eigenvalue weighted by Crippen LogP contribution is -2.39. The number of rotatable bonds is 5. The van der Waals surface area contributed by atoms with E-state index in [0.29, 0.717) is 12.1 Å². The van der Waals surface area contributed by atoms with Crippen LogP contribution < -0.4 is 16.6 Å². The van der Waals surface area contributed by atoms with E-state index in [0.717, 1.165) is 23.3 Å². The zero-order chi connectivity index (χ0) is 19.5. The maximum atomic E-state index is 12.3. The van der Waals surface area contributed by atoms with E-state index in [1.165, 1.54) is 5.56 Å². The van der Waals surface area contributed by atoms with Crippen molar-refractivity contribution in [2.75, 3.05) is 6.54 Å². The van der Waals surface area contributed by atoms with Gasteiger partial charge in [0.25, 0.3) is 5.56 Å². The molecular formula is C23H24N4O. The zero-order valence-electron chi connectivity index (χ0n) is 15.6. The van der Waals surface area contributed by atoms with Crippen LogP contribution in [0.2, 0.25) is 0 Å². The molecule has 3 unspecified atom stereocenters. The highest BCUT2D eigenvalue weighted by atomic mass is 16.1. The Morgan fingerprint density at radius 3 is 2.89 bits per heavy atom. The molecule has 0 saturated carbocycles. The van der Waals surface area contributed by atoms with Gasteiger partial charge in [0.1, 0.15) is 0 Å². The SMILES string of the molecule is C=C(/C=C\C=C\C1c2n[nH]c(=O)c3c2C(CC=C3)NC1c1ccccc1)CN. The minimum Gasteiger partial charge on any atom is -0.327 e. The standard InChI is InChI=1S/C23H24N4O/c1-15(14-24)8-5-6-11-18-21(16-9-3-2-4-10-16)25-19-13-7-12-17-20(19)22(18)26-27-23(17)28/h2-12,18-19,21,25H,1,13-14,24H2,(H,27,28)/b8-5-,11-6+. The van der Waals surface area contributed by atoms with Gasteiger partial charge in [0.2, 0.25) is 0 Å². The van der Waals surface area contributed by atoms with Gasteiger partial charge in [0.05, 0.1) is 5.69 Å². The quantitative estimate of drug-likeness (QED) is 0.703. The number of nitrogens with zero attached hydrogens (tertiary/aromatic N) is 1. The molecule has 5 heteroatoms. The monoisotopic (exact) mass is 372 g/mol. The molecule has 0 bridgehead atoms. The number of aromatic nitrogens is 2. The van der Waals surface area contributed by atoms with Gasteiger partial charge in [0.15, 0.2) is 0 Å². The van der Waals surface area contributed by atoms with E-state index in [1.807, 2.05) is 42.5 Å². The van der Waals surface area contributed by atoms with Crippen LogP contribution in [-0.2, 0) is 0 Å². The van der Waals surface area contributed by atoms with Gasteiger partial charge in [-0.2, -0.15) is 5.10 Å². The molecule has 2 aromatic rings. The third-order valence-electron chi connectivity index (χ3n) is 5.33. The molecule has 0 saturated heterocycles. The summed E-state index contributed by atoms with van der Waals surface area (Å²) >= 11 is 0. The fraction of sp³-hybridized carbons (Fsp3) is 0.217. The summed E-state index contributed by atoms with van der Waals surface area (Å²) in [6.07, 6.45) is 12.8. The van der Waals surface area contributed by atoms with Crippen LogP contribution in [-0.4, -0.2) is 16.7 Å². The number of aromatic amines is 1. The van der Waals surface area contributed by atoms with Crippen molar-refractivity contribution in [3.63, 3.8) is 0 Å². The molecule has 0 radical (unpaired) electrons. The van der Waals surface area contributed by atoms with Gasteiger partial charge in [-0.05, 0) is 17.6 Å². The number of allylic oxidation sites excluding steroid dienone is 2. The number of hydrogen-bond donors (Lipinski definition) is 3. The van der Waals surface area contributed by atoms with E-state index in [1.54, 1.807) is 0 Å². The summed E-state index contributed by atoms with van der Waals surface area (Å²) in [4.78, 5) is 12.3. The van der Waals surface area contributed by atoms with Gasteiger partial charge >= 0.3 is 0 Å². The van der Waals surface area contributed by atoms with Crippen LogP contribution in [0.5, 0.6) is 0 Å². The van der Waals surface area contributed by atoms with Gasteiger partial charge in [-0.1, -0.05) is 73.4 Å². The Kier molecular flexibility index (Phi) is 5.19. The first-order chi connectivity index (χ1) is 13.7. The Morgan fingerprint density at radius 2 is 2.11 bits per heavy atom. The van der Waals surface area contributed by atoms with E-state index in [2.05, 4.69) is 46.4 Å². The fourth-order valence-corrected chi connectivity index (χ4v) is 3.96. The summed E-state index contributed by atoms with van der Waals surface area (Å²) in [6, 6.07) is 10.5. The van der Waals surface area contributed by atoms with Gasteiger partial charge in [-0.3, -0.25) is 4.79 Å². The lowest BCUT2D eigenvalue weighted by atomic mass is 9.78. The summed E-state index contributed by atoms with van der Waals surface area (Å²) < 4.78 is 0. The number of benzene rings is 1. The molecule has 1 aliphatic carbocycles. The lowest BCUT2D eigenvalue weighted by Gasteiger charge is -2.39. The van der Waals surface area contributed by atoms with E-state index in [4.69, 9.17) is 5.73 Å². The first-order valence-electron chi connectivity index (χ1n) is 9.51. The summed E-state index contributed by atoms with van der Waals surface area (Å²) in [5.41, 5.74) is 10.2. The van der Waals surface area contributed by atoms with E-state index < -0.39 is 0 Å². The Morgan fingerprint density at radius 1 is 1.29 bits per heavy atom. The molecule has 4 N–H and O–H groups in total. The second-order valence-corrected chi connectivity index (χ2v) is 7.14. The number of nitrogens with two attached hydrogens (primary N) is 1. The van der Waals surface area contributed by atoms with Crippen LogP contribution in [0, 0.1) is 0 Å². The molecule has 0 amide bonds. The molecule has 0 spiro atoms. The predicted molar refractivity (Wildman–Crippen MR) is 113 cm³/mol. The molecule has 1 aliphatic heterocycles. The molecule has 4 rings (SSSR count). The first kappa shape index (κ1) is 18.3. The zero-order valence-corrected chi connectivity index (χ0v) is 15.6. The molecular weight excluding hydrogens is 348 g/mol. The molecule has 2 heterocycles. The average molecular weight is 372 g/mol. The summed E-state index contributed by atoms with van der Waals surface area (Å²) in [5, 5.41) is 10.9. The first-order valence-corrected chi connectivity index (χ1v) is 9.51. The van der Waals surface area contributed by atoms with E-state index in [9.17, 15) is 4.79 Å². The molecule has 5 nitrogen and oxygen atoms in total. The third kappa shape index (κ3) is 3.42. The molecule has 0 fully saturated rings. The van der Waals surface area contributed by atoms with E-state index >= 15 is 0 Å². The smallest absolute Gasteiger partial charge is 0.271 e. The molecule has 28 heavy (non-hydrogen) atoms. The van der Waals surface area contributed by atoms with Crippen LogP contribution in [0.15, 0.2) is 77.7 Å². The van der Waals surface area contributed by atoms with Gasteiger partial charge in [-0.25, -0.2) is 5.10 Å². The van der Waals surface area contributed by atoms with Crippen molar-refractivity contribution in [2.45, 2.75) is 24.4 Å². The van der Waals surface area contributed by atoms with Crippen molar-refractivity contribution in [2.24, 2.45) is 5.73 Å². The van der Waals surface area contributed by atoms with Crippen molar-refractivity contribution < 1.29 is 0 Å². The highest BCUT2D eigenvalue weighted by Gasteiger charge is 2.37. The maximum Gasteiger partial charge on any atom is 0.271 e. The minimum absolute atomic E-state index is 0.00783. The highest BCUT2D eigenvalue weighted by Crippen LogP contribution is 2.43. The molecule has 142 valence electrons. The van der Waals surface area contributed by atoms with Crippen LogP contribution >= 0.6 is 0 Å². The number of hydrogen-bond acceptors (Lipinski definition) is 4. The number of H-pyrrole nitrogens is 1. The molecule has 2 aliphatic rings. The Balaban J connectivity index is 1.79. The topological polar surface area (TPSA) is 83.8 Å². The Hall–Kier alpha value is -3.02. The molecule has 1 aromatic heterocycles. The fourth-order valence-electron chi connectivity index (χ4n) is 3.96. The minimum atomic E-state index is -0.137. The molecule has 1 aromatic carbocycles. The van der Waals surface area contributed by atoms with Crippen molar-refractivity contribution in [1.82, 2.24) is 15.5 Å². The summed E-state index contributed by atoms with van der Waals surface area (Å²) in [7, 11) is 0. The van der Waals surface area contributed by atoms with Crippen molar-refractivity contribution in [3.05, 3.63) is 106 Å². The van der Waals surface area contributed by atoms with Gasteiger partial charge in [-0.15, -0.1) is 0 Å². The van der Waals surface area contributed by atoms with Crippen LogP contribution in [0.3, 0.4) is 0 Å². The second kappa shape index (κ2) is 7.92. The van der Waals surface area contributed by atoms with Crippen molar-refractivity contribution in [3.8, 4) is 0 Å². The maximum absolute atomic E-state index is 12.3. The van der Waals surface area contributed by atoms with E-state index in [-0.39, 0.29) is 23.6 Å². The van der Waals surface area contributed by atoms with Crippen LogP contribution in [0.25, 0.3) is 6.08 Å². The predicted octanol–water partition coefficient (Wildman–Crippen LogP) is 3.28. The van der Waals surface area contributed by atoms with Crippen molar-refractivity contribution >= 4 is 6.08 Å². The summed E-state index contributed by atoms with van der Waals surface area (Å²) in [5.74, 6) is -0.00783. The third-order valence-corrected chi connectivity index (χ3v) is 5.33. The second-order valence-electron chi connectivity index (χ2n) is 7.14. The van der Waals surface area contributed by atoms with Gasteiger partial charge < -0.3 is 11.1 Å². The van der Waals surface area contributed by atoms with Crippen LogP contribution in [0.4, 0.5) is 0 Å². The summed E-state index contributed by atoms with van der Waals surface area (Å²) in [6.45, 7) is 4.32. The highest BCUT2D eigenvalue weighted by molar-refractivity contribution is 5.59. The normalized spacial score (nSPS) is 23.2. The Bertz CT molecular complexity index is 1020. The molecule has 3 atom stereocenters. The average Bonchev–Trinajstić information content (AvgIpc) is 2.74. The lowest BCUT2D eigenvalue weighted by molar-refractivity contribution is 0.374. The largest absolute Gasteiger partial charge is 0.327 e. The van der Waals surface area contributed by atoms with Crippen molar-refractivity contribution in [1.29, 1.82) is 0 Å².